The Morgan fingerprint density at radius 2 is 1.65 bits per heavy atom. The van der Waals surface area contributed by atoms with Gasteiger partial charge < -0.3 is 4.18 Å². The summed E-state index contributed by atoms with van der Waals surface area (Å²) < 4.78 is 30.2. The van der Waals surface area contributed by atoms with Gasteiger partial charge in [0.25, 0.3) is 0 Å². The zero-order chi connectivity index (χ0) is 16.6. The molecule has 0 atom stereocenters. The van der Waals surface area contributed by atoms with E-state index in [0.29, 0.717) is 5.52 Å². The molecule has 0 amide bonds. The number of hydrogen-bond acceptors (Lipinski definition) is 4. The van der Waals surface area contributed by atoms with Crippen LogP contribution in [0.3, 0.4) is 0 Å². The smallest absolute Gasteiger partial charge is 0.340 e. The fourth-order valence-electron chi connectivity index (χ4n) is 2.01. The van der Waals surface area contributed by atoms with E-state index < -0.39 is 10.1 Å². The quantitative estimate of drug-likeness (QED) is 0.470. The average molecular weight is 389 g/mol. The number of halogens is 3. The minimum Gasteiger partial charge on any atom is -0.377 e. The Labute approximate surface area is 147 Å². The van der Waals surface area contributed by atoms with Crippen LogP contribution in [0.15, 0.2) is 53.6 Å². The first-order valence-electron chi connectivity index (χ1n) is 6.32. The molecular weight excluding hydrogens is 381 g/mol. The third-order valence-corrected chi connectivity index (χ3v) is 5.75. The van der Waals surface area contributed by atoms with Crippen LogP contribution in [-0.2, 0) is 10.1 Å². The maximum atomic E-state index is 12.5. The van der Waals surface area contributed by atoms with E-state index in [1.54, 1.807) is 30.5 Å². The van der Waals surface area contributed by atoms with Gasteiger partial charge >= 0.3 is 10.1 Å². The van der Waals surface area contributed by atoms with Crippen LogP contribution < -0.4 is 4.18 Å². The van der Waals surface area contributed by atoms with Crippen molar-refractivity contribution >= 4 is 55.8 Å². The van der Waals surface area contributed by atoms with Crippen LogP contribution in [0.1, 0.15) is 0 Å². The fourth-order valence-corrected chi connectivity index (χ4v) is 3.90. The van der Waals surface area contributed by atoms with E-state index in [2.05, 4.69) is 4.98 Å². The van der Waals surface area contributed by atoms with Gasteiger partial charge in [-0.1, -0.05) is 53.0 Å². The summed E-state index contributed by atoms with van der Waals surface area (Å²) in [5, 5.41) is 0.671. The van der Waals surface area contributed by atoms with Crippen LogP contribution >= 0.6 is 34.8 Å². The third-order valence-electron chi connectivity index (χ3n) is 3.06. The molecule has 0 aliphatic rings. The molecule has 0 aliphatic heterocycles. The van der Waals surface area contributed by atoms with E-state index in [1.165, 1.54) is 18.2 Å². The molecular formula is C15H8Cl3NO3S. The van der Waals surface area contributed by atoms with Gasteiger partial charge in [0.2, 0.25) is 0 Å². The lowest BCUT2D eigenvalue weighted by atomic mass is 10.2. The number of para-hydroxylation sites is 1. The predicted molar refractivity (Wildman–Crippen MR) is 91.0 cm³/mol. The molecule has 4 nitrogen and oxygen atoms in total. The van der Waals surface area contributed by atoms with Gasteiger partial charge in [-0.15, -0.1) is 0 Å². The molecule has 3 rings (SSSR count). The minimum absolute atomic E-state index is 0.0472. The van der Waals surface area contributed by atoms with E-state index >= 15 is 0 Å². The molecule has 0 bridgehead atoms. The van der Waals surface area contributed by atoms with Crippen LogP contribution in [0.5, 0.6) is 5.75 Å². The lowest BCUT2D eigenvalue weighted by Gasteiger charge is -2.11. The number of hydrogen-bond donors (Lipinski definition) is 0. The molecule has 8 heteroatoms. The highest BCUT2D eigenvalue weighted by Crippen LogP contribution is 2.36. The predicted octanol–water partition coefficient (Wildman–Crippen LogP) is 4.96. The Morgan fingerprint density at radius 3 is 2.43 bits per heavy atom. The molecule has 0 N–H and O–H groups in total. The lowest BCUT2D eigenvalue weighted by Crippen LogP contribution is -2.11. The van der Waals surface area contributed by atoms with E-state index in [4.69, 9.17) is 39.0 Å². The van der Waals surface area contributed by atoms with Gasteiger partial charge in [0.05, 0.1) is 15.1 Å². The first-order valence-corrected chi connectivity index (χ1v) is 8.86. The molecule has 0 radical (unpaired) electrons. The van der Waals surface area contributed by atoms with E-state index in [9.17, 15) is 8.42 Å². The SMILES string of the molecule is O=S(=O)(Oc1cccc2cccnc12)c1ccc(Cl)c(Cl)c1Cl. The highest BCUT2D eigenvalue weighted by atomic mass is 35.5. The Hall–Kier alpha value is -1.53. The maximum absolute atomic E-state index is 12.5. The van der Waals surface area contributed by atoms with Gasteiger partial charge in [0, 0.05) is 11.6 Å². The molecule has 0 spiro atoms. The number of aromatic nitrogens is 1. The Morgan fingerprint density at radius 1 is 0.913 bits per heavy atom. The summed E-state index contributed by atoms with van der Waals surface area (Å²) in [6.07, 6.45) is 1.55. The van der Waals surface area contributed by atoms with Crippen molar-refractivity contribution in [3.63, 3.8) is 0 Å². The summed E-state index contributed by atoms with van der Waals surface area (Å²) >= 11 is 17.7. The van der Waals surface area contributed by atoms with E-state index in [1.807, 2.05) is 0 Å². The molecule has 3 aromatic rings. The van der Waals surface area contributed by atoms with Gasteiger partial charge in [0.1, 0.15) is 10.4 Å². The highest BCUT2D eigenvalue weighted by Gasteiger charge is 2.24. The lowest BCUT2D eigenvalue weighted by molar-refractivity contribution is 0.488. The first kappa shape index (κ1) is 16.3. The van der Waals surface area contributed by atoms with Gasteiger partial charge in [-0.25, -0.2) is 0 Å². The number of fused-ring (bicyclic) bond motifs is 1. The number of benzene rings is 2. The molecule has 23 heavy (non-hydrogen) atoms. The van der Waals surface area contributed by atoms with Gasteiger partial charge in [-0.2, -0.15) is 8.42 Å². The zero-order valence-electron chi connectivity index (χ0n) is 11.3. The Kier molecular flexibility index (Phi) is 4.38. The van der Waals surface area contributed by atoms with E-state index in [0.717, 1.165) is 5.39 Å². The summed E-state index contributed by atoms with van der Waals surface area (Å²) in [4.78, 5) is 3.88. The Bertz CT molecular complexity index is 1000. The molecule has 0 saturated carbocycles. The van der Waals surface area contributed by atoms with Crippen LogP contribution in [-0.4, -0.2) is 13.4 Å². The van der Waals surface area contributed by atoms with Crippen molar-refractivity contribution in [3.8, 4) is 5.75 Å². The van der Waals surface area contributed by atoms with Gasteiger partial charge in [0.15, 0.2) is 5.75 Å². The zero-order valence-corrected chi connectivity index (χ0v) is 14.4. The summed E-state index contributed by atoms with van der Waals surface area (Å²) in [5.41, 5.74) is 0.426. The highest BCUT2D eigenvalue weighted by molar-refractivity contribution is 7.87. The topological polar surface area (TPSA) is 56.3 Å². The van der Waals surface area contributed by atoms with Crippen molar-refractivity contribution in [1.82, 2.24) is 4.98 Å². The third kappa shape index (κ3) is 3.10. The molecule has 0 aliphatic carbocycles. The molecule has 118 valence electrons. The van der Waals surface area contributed by atoms with E-state index in [-0.39, 0.29) is 25.7 Å². The molecule has 0 saturated heterocycles. The monoisotopic (exact) mass is 387 g/mol. The molecule has 1 heterocycles. The Balaban J connectivity index is 2.10. The van der Waals surface area contributed by atoms with Crippen LogP contribution in [0.25, 0.3) is 10.9 Å². The maximum Gasteiger partial charge on any atom is 0.340 e. The fraction of sp³-hybridized carbons (Fsp3) is 0. The van der Waals surface area contributed by atoms with Gasteiger partial charge in [-0.3, -0.25) is 4.98 Å². The van der Waals surface area contributed by atoms with Crippen molar-refractivity contribution in [1.29, 1.82) is 0 Å². The second-order valence-corrected chi connectivity index (χ2v) is 7.22. The molecule has 0 fully saturated rings. The van der Waals surface area contributed by atoms with Crippen molar-refractivity contribution in [2.75, 3.05) is 0 Å². The summed E-state index contributed by atoms with van der Waals surface area (Å²) in [7, 11) is -4.19. The average Bonchev–Trinajstić information content (AvgIpc) is 2.52. The standard InChI is InChI=1S/C15H8Cl3NO3S/c16-10-6-7-12(14(18)13(10)17)23(20,21)22-11-5-1-3-9-4-2-8-19-15(9)11/h1-8H. The van der Waals surface area contributed by atoms with Crippen LogP contribution in [0, 0.1) is 0 Å². The second-order valence-electron chi connectivity index (χ2n) is 4.54. The van der Waals surface area contributed by atoms with Crippen LogP contribution in [0.2, 0.25) is 15.1 Å². The first-order chi connectivity index (χ1) is 10.9. The molecule has 1 aromatic heterocycles. The number of rotatable bonds is 3. The van der Waals surface area contributed by atoms with Crippen molar-refractivity contribution < 1.29 is 12.6 Å². The number of pyridine rings is 1. The van der Waals surface area contributed by atoms with Crippen molar-refractivity contribution in [3.05, 3.63) is 63.7 Å². The van der Waals surface area contributed by atoms with Crippen molar-refractivity contribution in [2.24, 2.45) is 0 Å². The molecule has 0 unspecified atom stereocenters. The normalized spacial score (nSPS) is 11.6. The summed E-state index contributed by atoms with van der Waals surface area (Å²) in [5.74, 6) is 0.102. The molecule has 2 aromatic carbocycles. The second kappa shape index (κ2) is 6.17. The summed E-state index contributed by atoms with van der Waals surface area (Å²) in [6, 6.07) is 11.1. The van der Waals surface area contributed by atoms with Crippen molar-refractivity contribution in [2.45, 2.75) is 4.90 Å². The largest absolute Gasteiger partial charge is 0.377 e. The summed E-state index contributed by atoms with van der Waals surface area (Å²) in [6.45, 7) is 0. The van der Waals surface area contributed by atoms with Gasteiger partial charge in [-0.05, 0) is 24.3 Å². The number of nitrogens with zero attached hydrogens (tertiary/aromatic N) is 1. The minimum atomic E-state index is -4.19. The van der Waals surface area contributed by atoms with Crippen LogP contribution in [0.4, 0.5) is 0 Å².